The molecule has 2 aliphatic heterocycles. The molecule has 1 saturated heterocycles. The van der Waals surface area contributed by atoms with Crippen molar-refractivity contribution in [2.24, 2.45) is 5.16 Å². The summed E-state index contributed by atoms with van der Waals surface area (Å²) in [6, 6.07) is -0.850. The van der Waals surface area contributed by atoms with Gasteiger partial charge in [0.1, 0.15) is 17.5 Å². The van der Waals surface area contributed by atoms with E-state index in [-0.39, 0.29) is 33.6 Å². The van der Waals surface area contributed by atoms with Crippen molar-refractivity contribution in [2.45, 2.75) is 62.3 Å². The fourth-order valence-corrected chi connectivity index (χ4v) is 5.55. The van der Waals surface area contributed by atoms with Crippen LogP contribution in [0, 0.1) is 0 Å². The Morgan fingerprint density at radius 3 is 2.69 bits per heavy atom. The number of nitrogen functional groups attached to an aromatic ring is 1. The van der Waals surface area contributed by atoms with E-state index in [0.717, 1.165) is 37.2 Å². The average molecular weight is 525 g/mol. The number of hydrogen-bond donors (Lipinski definition) is 2. The molecule has 13 nitrogen and oxygen atoms in total. The monoisotopic (exact) mass is 524 g/mol. The highest BCUT2D eigenvalue weighted by molar-refractivity contribution is 8.00. The summed E-state index contributed by atoms with van der Waals surface area (Å²) in [6.45, 7) is 2.45. The van der Waals surface area contributed by atoms with Crippen LogP contribution in [0.5, 0.6) is 0 Å². The number of nitrogens with two attached hydrogens (primary N) is 1. The van der Waals surface area contributed by atoms with Gasteiger partial charge in [-0.05, 0) is 32.6 Å². The molecule has 1 aliphatic carbocycles. The van der Waals surface area contributed by atoms with Crippen LogP contribution in [0.15, 0.2) is 16.9 Å². The van der Waals surface area contributed by atoms with Crippen LogP contribution in [0.3, 0.4) is 0 Å². The Hall–Kier alpha value is -3.20. The van der Waals surface area contributed by atoms with Crippen LogP contribution in [-0.4, -0.2) is 73.3 Å². The van der Waals surface area contributed by atoms with Crippen molar-refractivity contribution in [3.63, 3.8) is 0 Å². The van der Waals surface area contributed by atoms with Crippen LogP contribution >= 0.6 is 23.3 Å². The largest absolute Gasteiger partial charge is 0.428 e. The molecule has 3 heterocycles. The summed E-state index contributed by atoms with van der Waals surface area (Å²) in [5, 5.41) is 6.08. The minimum Gasteiger partial charge on any atom is -0.428 e. The predicted molar refractivity (Wildman–Crippen MR) is 125 cm³/mol. The summed E-state index contributed by atoms with van der Waals surface area (Å²) in [5.41, 5.74) is 5.75. The van der Waals surface area contributed by atoms with E-state index in [1.165, 1.54) is 29.8 Å². The molecule has 2 unspecified atom stereocenters. The smallest absolute Gasteiger partial charge is 0.339 e. The van der Waals surface area contributed by atoms with Gasteiger partial charge < -0.3 is 30.3 Å². The van der Waals surface area contributed by atoms with Crippen molar-refractivity contribution < 1.29 is 33.5 Å². The summed E-state index contributed by atoms with van der Waals surface area (Å²) in [5.74, 6) is -2.33. The third kappa shape index (κ3) is 5.56. The van der Waals surface area contributed by atoms with Crippen molar-refractivity contribution in [1.29, 1.82) is 0 Å². The molecule has 15 heteroatoms. The van der Waals surface area contributed by atoms with Gasteiger partial charge in [-0.25, -0.2) is 4.79 Å². The van der Waals surface area contributed by atoms with Crippen molar-refractivity contribution in [1.82, 2.24) is 19.6 Å². The SMILES string of the molecule is CC(=O)OCOC(=O)C1=CN2C(=O)C(NC(=O)C(=NOC3CCCC3)c3nsc(N)n3)[C@H]2SC1C. The van der Waals surface area contributed by atoms with Crippen molar-refractivity contribution in [2.75, 3.05) is 12.5 Å². The number of anilines is 1. The molecule has 0 bridgehead atoms. The second kappa shape index (κ2) is 10.6. The van der Waals surface area contributed by atoms with Gasteiger partial charge in [-0.2, -0.15) is 9.36 Å². The van der Waals surface area contributed by atoms with Crippen molar-refractivity contribution in [3.05, 3.63) is 17.6 Å². The van der Waals surface area contributed by atoms with Crippen LogP contribution in [0.1, 0.15) is 45.4 Å². The molecule has 35 heavy (non-hydrogen) atoms. The van der Waals surface area contributed by atoms with Crippen LogP contribution in [0.2, 0.25) is 0 Å². The number of fused-ring (bicyclic) bond motifs is 1. The number of hydrogen-bond acceptors (Lipinski definition) is 13. The van der Waals surface area contributed by atoms with E-state index in [2.05, 4.69) is 24.6 Å². The topological polar surface area (TPSA) is 175 Å². The van der Waals surface area contributed by atoms with E-state index in [1.54, 1.807) is 6.92 Å². The first-order chi connectivity index (χ1) is 16.7. The lowest BCUT2D eigenvalue weighted by atomic mass is 10.1. The Balaban J connectivity index is 1.42. The van der Waals surface area contributed by atoms with Gasteiger partial charge in [-0.1, -0.05) is 5.16 Å². The number of esters is 2. The normalized spacial score (nSPS) is 24.2. The molecule has 0 radical (unpaired) electrons. The number of carbonyl (C=O) groups is 4. The third-order valence-corrected chi connectivity index (χ3v) is 7.56. The number of nitrogens with zero attached hydrogens (tertiary/aromatic N) is 4. The molecule has 3 aliphatic rings. The molecule has 2 fully saturated rings. The fraction of sp³-hybridized carbons (Fsp3) is 0.550. The Kier molecular flexibility index (Phi) is 7.54. The summed E-state index contributed by atoms with van der Waals surface area (Å²) in [6.07, 6.45) is 5.05. The summed E-state index contributed by atoms with van der Waals surface area (Å²) < 4.78 is 13.6. The Labute approximate surface area is 208 Å². The number of ether oxygens (including phenoxy) is 2. The van der Waals surface area contributed by atoms with Crippen LogP contribution < -0.4 is 11.1 Å². The van der Waals surface area contributed by atoms with Gasteiger partial charge in [0.2, 0.25) is 18.3 Å². The average Bonchev–Trinajstić information content (AvgIpc) is 3.49. The zero-order valence-electron chi connectivity index (χ0n) is 19.0. The lowest BCUT2D eigenvalue weighted by molar-refractivity contribution is -0.163. The second-order valence-corrected chi connectivity index (χ2v) is 10.3. The molecule has 1 aromatic heterocycles. The minimum absolute atomic E-state index is 0.0222. The fourth-order valence-electron chi connectivity index (χ4n) is 3.75. The van der Waals surface area contributed by atoms with Gasteiger partial charge in [0, 0.05) is 29.9 Å². The molecular weight excluding hydrogens is 500 g/mol. The Morgan fingerprint density at radius 2 is 2.03 bits per heavy atom. The number of rotatable bonds is 8. The zero-order valence-corrected chi connectivity index (χ0v) is 20.6. The maximum Gasteiger partial charge on any atom is 0.339 e. The van der Waals surface area contributed by atoms with Crippen molar-refractivity contribution >= 4 is 57.9 Å². The summed E-state index contributed by atoms with van der Waals surface area (Å²) >= 11 is 2.22. The van der Waals surface area contributed by atoms with E-state index in [4.69, 9.17) is 15.3 Å². The van der Waals surface area contributed by atoms with Gasteiger partial charge in [-0.15, -0.1) is 11.8 Å². The molecule has 188 valence electrons. The first-order valence-corrected chi connectivity index (χ1v) is 12.6. The van der Waals surface area contributed by atoms with Gasteiger partial charge in [0.05, 0.1) is 5.57 Å². The molecule has 3 atom stereocenters. The highest BCUT2D eigenvalue weighted by Crippen LogP contribution is 2.40. The van der Waals surface area contributed by atoms with Gasteiger partial charge in [-0.3, -0.25) is 14.4 Å². The van der Waals surface area contributed by atoms with Crippen LogP contribution in [0.25, 0.3) is 0 Å². The number of oxime groups is 1. The van der Waals surface area contributed by atoms with Gasteiger partial charge in [0.25, 0.3) is 11.8 Å². The summed E-state index contributed by atoms with van der Waals surface area (Å²) in [4.78, 5) is 59.9. The van der Waals surface area contributed by atoms with Gasteiger partial charge >= 0.3 is 11.9 Å². The lowest BCUT2D eigenvalue weighted by Gasteiger charge is -2.48. The molecule has 1 saturated carbocycles. The lowest BCUT2D eigenvalue weighted by Crippen LogP contribution is -2.69. The van der Waals surface area contributed by atoms with E-state index in [9.17, 15) is 19.2 Å². The predicted octanol–water partition coefficient (Wildman–Crippen LogP) is 0.520. The highest BCUT2D eigenvalue weighted by Gasteiger charge is 2.52. The Bertz CT molecular complexity index is 1080. The molecule has 1 aromatic rings. The number of nitrogens with one attached hydrogen (secondary N) is 1. The first-order valence-electron chi connectivity index (χ1n) is 10.9. The highest BCUT2D eigenvalue weighted by atomic mass is 32.2. The molecule has 2 amide bonds. The molecular formula is C20H24N6O7S2. The third-order valence-electron chi connectivity index (χ3n) is 5.58. The molecule has 0 aromatic carbocycles. The molecule has 0 spiro atoms. The maximum absolute atomic E-state index is 13.1. The molecule has 3 N–H and O–H groups in total. The zero-order chi connectivity index (χ0) is 25.1. The number of thioether (sulfide) groups is 1. The van der Waals surface area contributed by atoms with E-state index < -0.39 is 42.0 Å². The van der Waals surface area contributed by atoms with Crippen LogP contribution in [0.4, 0.5) is 5.13 Å². The van der Waals surface area contributed by atoms with Gasteiger partial charge in [0.15, 0.2) is 5.13 Å². The van der Waals surface area contributed by atoms with E-state index in [1.807, 2.05) is 0 Å². The van der Waals surface area contributed by atoms with E-state index >= 15 is 0 Å². The number of amides is 2. The summed E-state index contributed by atoms with van der Waals surface area (Å²) in [7, 11) is 0. The minimum atomic E-state index is -0.850. The second-order valence-electron chi connectivity index (χ2n) is 8.04. The quantitative estimate of drug-likeness (QED) is 0.159. The number of carbonyl (C=O) groups excluding carboxylic acids is 4. The van der Waals surface area contributed by atoms with E-state index in [0.29, 0.717) is 0 Å². The standard InChI is InChI=1S/C20H24N6O7S2/c1-9-12(19(30)32-8-31-10(2)27)7-26-17(29)14(18(26)34-9)22-16(28)13(15-23-20(21)35-25-15)24-33-11-5-3-4-6-11/h7,9,11,14,18H,3-6,8H2,1-2H3,(H,22,28)(H2,21,23,25)/t9?,14?,18-/m1/s1. The number of β-lactam (4-membered cyclic amide) rings is 1. The van der Waals surface area contributed by atoms with Crippen molar-refractivity contribution in [3.8, 4) is 0 Å². The van der Waals surface area contributed by atoms with Crippen LogP contribution in [-0.2, 0) is 33.5 Å². The molecule has 4 rings (SSSR count). The maximum atomic E-state index is 13.1. The number of aromatic nitrogens is 2. The Morgan fingerprint density at radius 1 is 1.29 bits per heavy atom. The first kappa shape index (κ1) is 24.9.